The molecule has 0 atom stereocenters. The monoisotopic (exact) mass is 343 g/mol. The van der Waals surface area contributed by atoms with Crippen LogP contribution in [0.2, 0.25) is 0 Å². The van der Waals surface area contributed by atoms with E-state index in [0.717, 1.165) is 45.1 Å². The molecule has 0 aliphatic carbocycles. The fourth-order valence-corrected chi connectivity index (χ4v) is 2.03. The highest BCUT2D eigenvalue weighted by Gasteiger charge is 2.15. The maximum absolute atomic E-state index is 11.5. The highest BCUT2D eigenvalue weighted by molar-refractivity contribution is 5.79. The number of hydrogen-bond donors (Lipinski definition) is 3. The molecule has 0 saturated carbocycles. The van der Waals surface area contributed by atoms with Crippen LogP contribution in [0, 0.1) is 0 Å². The van der Waals surface area contributed by atoms with Gasteiger partial charge in [-0.25, -0.2) is 4.79 Å². The van der Waals surface area contributed by atoms with Crippen LogP contribution in [0.1, 0.15) is 48.0 Å². The summed E-state index contributed by atoms with van der Waals surface area (Å²) in [6.45, 7) is 17.8. The summed E-state index contributed by atoms with van der Waals surface area (Å²) in [6, 6.07) is 0. The third-order valence-electron chi connectivity index (χ3n) is 3.23. The van der Waals surface area contributed by atoms with E-state index in [9.17, 15) is 4.79 Å². The largest absolute Gasteiger partial charge is 0.444 e. The first-order chi connectivity index (χ1) is 11.3. The van der Waals surface area contributed by atoms with E-state index in [1.54, 1.807) is 0 Å². The molecule has 0 aliphatic rings. The second kappa shape index (κ2) is 12.9. The SMILES string of the molecule is CCNC(=NCCCN(CC)CC)NCCNC(=O)OC(C)(C)C. The fraction of sp³-hybridized carbons (Fsp3) is 0.882. The van der Waals surface area contributed by atoms with Gasteiger partial charge in [0.15, 0.2) is 5.96 Å². The standard InChI is InChI=1S/C17H37N5O2/c1-7-18-15(19-11-10-14-22(8-2)9-3)20-12-13-21-16(23)24-17(4,5)6/h7-14H2,1-6H3,(H,21,23)(H2,18,19,20). The van der Waals surface area contributed by atoms with Crippen molar-refractivity contribution in [3.63, 3.8) is 0 Å². The molecule has 142 valence electrons. The number of hydrogen-bond acceptors (Lipinski definition) is 4. The minimum absolute atomic E-state index is 0.398. The molecule has 0 aromatic rings. The minimum atomic E-state index is -0.473. The Kier molecular flexibility index (Phi) is 12.1. The molecule has 0 aromatic heterocycles. The van der Waals surface area contributed by atoms with Gasteiger partial charge in [-0.05, 0) is 53.8 Å². The van der Waals surface area contributed by atoms with E-state index >= 15 is 0 Å². The lowest BCUT2D eigenvalue weighted by atomic mass is 10.2. The van der Waals surface area contributed by atoms with Crippen LogP contribution in [0.25, 0.3) is 0 Å². The second-order valence-electron chi connectivity index (χ2n) is 6.50. The van der Waals surface area contributed by atoms with E-state index in [1.165, 1.54) is 0 Å². The van der Waals surface area contributed by atoms with Gasteiger partial charge in [0.2, 0.25) is 0 Å². The molecule has 0 aliphatic heterocycles. The Balaban J connectivity index is 4.02. The summed E-state index contributed by atoms with van der Waals surface area (Å²) in [6.07, 6.45) is 0.638. The quantitative estimate of drug-likeness (QED) is 0.320. The first-order valence-corrected chi connectivity index (χ1v) is 9.03. The topological polar surface area (TPSA) is 78.0 Å². The Morgan fingerprint density at radius 2 is 1.67 bits per heavy atom. The molecule has 7 heteroatoms. The van der Waals surface area contributed by atoms with Gasteiger partial charge in [-0.15, -0.1) is 0 Å². The number of rotatable bonds is 10. The third kappa shape index (κ3) is 13.0. The number of nitrogens with zero attached hydrogens (tertiary/aromatic N) is 2. The first kappa shape index (κ1) is 22.5. The number of alkyl carbamates (subject to hydrolysis) is 1. The number of nitrogens with one attached hydrogen (secondary N) is 3. The molecule has 0 bridgehead atoms. The molecule has 7 nitrogen and oxygen atoms in total. The van der Waals surface area contributed by atoms with E-state index in [0.29, 0.717) is 13.1 Å². The van der Waals surface area contributed by atoms with E-state index in [2.05, 4.69) is 39.7 Å². The summed E-state index contributed by atoms with van der Waals surface area (Å²) in [5, 5.41) is 9.14. The molecule has 24 heavy (non-hydrogen) atoms. The Bertz CT molecular complexity index is 362. The van der Waals surface area contributed by atoms with Crippen LogP contribution in [0.5, 0.6) is 0 Å². The van der Waals surface area contributed by atoms with Crippen molar-refractivity contribution < 1.29 is 9.53 Å². The molecular weight excluding hydrogens is 306 g/mol. The van der Waals surface area contributed by atoms with Gasteiger partial charge in [0.05, 0.1) is 0 Å². The molecule has 0 saturated heterocycles. The number of carbonyl (C=O) groups is 1. The van der Waals surface area contributed by atoms with E-state index in [-0.39, 0.29) is 0 Å². The number of carbonyl (C=O) groups excluding carboxylic acids is 1. The van der Waals surface area contributed by atoms with Crippen LogP contribution in [-0.2, 0) is 4.74 Å². The summed E-state index contributed by atoms with van der Waals surface area (Å²) in [5.74, 6) is 0.781. The van der Waals surface area contributed by atoms with Crippen LogP contribution in [0.15, 0.2) is 4.99 Å². The first-order valence-electron chi connectivity index (χ1n) is 9.03. The van der Waals surface area contributed by atoms with Crippen molar-refractivity contribution in [1.82, 2.24) is 20.9 Å². The highest BCUT2D eigenvalue weighted by Crippen LogP contribution is 2.05. The van der Waals surface area contributed by atoms with Gasteiger partial charge < -0.3 is 25.6 Å². The summed E-state index contributed by atoms with van der Waals surface area (Å²) in [4.78, 5) is 18.5. The predicted molar refractivity (Wildman–Crippen MR) is 101 cm³/mol. The van der Waals surface area contributed by atoms with Crippen LogP contribution in [0.4, 0.5) is 4.79 Å². The molecule has 0 heterocycles. The Morgan fingerprint density at radius 1 is 1.04 bits per heavy atom. The molecule has 0 aromatic carbocycles. The van der Waals surface area contributed by atoms with Crippen molar-refractivity contribution in [3.05, 3.63) is 0 Å². The zero-order valence-corrected chi connectivity index (χ0v) is 16.4. The fourth-order valence-electron chi connectivity index (χ4n) is 2.03. The lowest BCUT2D eigenvalue weighted by Gasteiger charge is -2.20. The van der Waals surface area contributed by atoms with Crippen molar-refractivity contribution in [2.24, 2.45) is 4.99 Å². The molecule has 0 unspecified atom stereocenters. The normalized spacial score (nSPS) is 12.2. The summed E-state index contributed by atoms with van der Waals surface area (Å²) >= 11 is 0. The second-order valence-corrected chi connectivity index (χ2v) is 6.50. The van der Waals surface area contributed by atoms with Crippen LogP contribution < -0.4 is 16.0 Å². The summed E-state index contributed by atoms with van der Waals surface area (Å²) in [5.41, 5.74) is -0.473. The zero-order valence-electron chi connectivity index (χ0n) is 16.4. The molecule has 0 rings (SSSR count). The average Bonchev–Trinajstić information content (AvgIpc) is 2.49. The average molecular weight is 344 g/mol. The van der Waals surface area contributed by atoms with Crippen LogP contribution >= 0.6 is 0 Å². The van der Waals surface area contributed by atoms with Crippen LogP contribution in [0.3, 0.4) is 0 Å². The van der Waals surface area contributed by atoms with Crippen molar-refractivity contribution >= 4 is 12.1 Å². The molecule has 0 spiro atoms. The van der Waals surface area contributed by atoms with Crippen molar-refractivity contribution in [3.8, 4) is 0 Å². The smallest absolute Gasteiger partial charge is 0.407 e. The molecule has 0 radical (unpaired) electrons. The van der Waals surface area contributed by atoms with Gasteiger partial charge in [0.25, 0.3) is 0 Å². The Hall–Kier alpha value is -1.50. The number of ether oxygens (including phenoxy) is 1. The van der Waals surface area contributed by atoms with Crippen molar-refractivity contribution in [2.45, 2.75) is 53.6 Å². The number of aliphatic imine (C=N–C) groups is 1. The Labute approximate surface area is 147 Å². The molecule has 0 fully saturated rings. The maximum atomic E-state index is 11.5. The van der Waals surface area contributed by atoms with Gasteiger partial charge in [-0.2, -0.15) is 0 Å². The van der Waals surface area contributed by atoms with Gasteiger partial charge in [0.1, 0.15) is 5.60 Å². The summed E-state index contributed by atoms with van der Waals surface area (Å²) in [7, 11) is 0. The molecule has 3 N–H and O–H groups in total. The highest BCUT2D eigenvalue weighted by atomic mass is 16.6. The maximum Gasteiger partial charge on any atom is 0.407 e. The van der Waals surface area contributed by atoms with Gasteiger partial charge in [-0.1, -0.05) is 13.8 Å². The minimum Gasteiger partial charge on any atom is -0.444 e. The van der Waals surface area contributed by atoms with Gasteiger partial charge in [0, 0.05) is 26.2 Å². The lowest BCUT2D eigenvalue weighted by molar-refractivity contribution is 0.0529. The van der Waals surface area contributed by atoms with Crippen molar-refractivity contribution in [1.29, 1.82) is 0 Å². The van der Waals surface area contributed by atoms with E-state index in [4.69, 9.17) is 4.74 Å². The van der Waals surface area contributed by atoms with Crippen LogP contribution in [-0.4, -0.2) is 68.4 Å². The molecule has 1 amide bonds. The third-order valence-corrected chi connectivity index (χ3v) is 3.23. The van der Waals surface area contributed by atoms with Crippen molar-refractivity contribution in [2.75, 3.05) is 45.8 Å². The van der Waals surface area contributed by atoms with Gasteiger partial charge in [-0.3, -0.25) is 4.99 Å². The lowest BCUT2D eigenvalue weighted by Crippen LogP contribution is -2.42. The van der Waals surface area contributed by atoms with E-state index < -0.39 is 11.7 Å². The predicted octanol–water partition coefficient (Wildman–Crippen LogP) is 1.80. The number of amides is 1. The molecular formula is C17H37N5O2. The van der Waals surface area contributed by atoms with E-state index in [1.807, 2.05) is 27.7 Å². The zero-order chi connectivity index (χ0) is 18.4. The summed E-state index contributed by atoms with van der Waals surface area (Å²) < 4.78 is 5.19. The Morgan fingerprint density at radius 3 is 2.21 bits per heavy atom. The number of guanidine groups is 1. The van der Waals surface area contributed by atoms with Gasteiger partial charge >= 0.3 is 6.09 Å².